The summed E-state index contributed by atoms with van der Waals surface area (Å²) >= 11 is 0. The fourth-order valence-electron chi connectivity index (χ4n) is 2.11. The first kappa shape index (κ1) is 12.5. The van der Waals surface area contributed by atoms with Gasteiger partial charge < -0.3 is 0 Å². The minimum atomic E-state index is -1.79. The summed E-state index contributed by atoms with van der Waals surface area (Å²) in [7, 11) is -1.79. The zero-order valence-corrected chi connectivity index (χ0v) is 10.9. The van der Waals surface area contributed by atoms with Crippen LogP contribution in [0.1, 0.15) is 37.7 Å². The van der Waals surface area contributed by atoms with Crippen molar-refractivity contribution in [2.24, 2.45) is 0 Å². The molecule has 1 saturated carbocycles. The van der Waals surface area contributed by atoms with Gasteiger partial charge in [0.1, 0.15) is 6.10 Å². The molecule has 2 rings (SSSR count). The van der Waals surface area contributed by atoms with Crippen LogP contribution in [-0.4, -0.2) is 6.10 Å². The lowest BCUT2D eigenvalue weighted by molar-refractivity contribution is 0.169. The lowest BCUT2D eigenvalue weighted by Crippen LogP contribution is -2.13. The van der Waals surface area contributed by atoms with Crippen LogP contribution in [0.3, 0.4) is 0 Å². The van der Waals surface area contributed by atoms with Crippen LogP contribution >= 0.6 is 8.03 Å². The van der Waals surface area contributed by atoms with Gasteiger partial charge in [0.05, 0.1) is 0 Å². The monoisotopic (exact) mass is 249 g/mol. The Bertz CT molecular complexity index is 394. The molecular formula is C14H18O2P+. The zero-order valence-electron chi connectivity index (χ0n) is 9.97. The Labute approximate surface area is 104 Å². The molecule has 1 aliphatic carbocycles. The summed E-state index contributed by atoms with van der Waals surface area (Å²) in [5.41, 5.74) is 0.907. The van der Waals surface area contributed by atoms with Crippen LogP contribution in [0.25, 0.3) is 5.31 Å². The van der Waals surface area contributed by atoms with E-state index in [4.69, 9.17) is 4.52 Å². The molecule has 0 bridgehead atoms. The topological polar surface area (TPSA) is 26.3 Å². The van der Waals surface area contributed by atoms with Crippen LogP contribution in [0.5, 0.6) is 0 Å². The first-order valence-corrected chi connectivity index (χ1v) is 7.33. The smallest absolute Gasteiger partial charge is 0.138 e. The Kier molecular flexibility index (Phi) is 4.47. The summed E-state index contributed by atoms with van der Waals surface area (Å²) in [6.07, 6.45) is 5.87. The largest absolute Gasteiger partial charge is 0.548 e. The zero-order chi connectivity index (χ0) is 12.1. The summed E-state index contributed by atoms with van der Waals surface area (Å²) in [4.78, 5) is 0. The van der Waals surface area contributed by atoms with Crippen LogP contribution < -0.4 is 0 Å². The molecule has 0 amide bonds. The molecule has 3 heteroatoms. The van der Waals surface area contributed by atoms with Crippen molar-refractivity contribution in [3.63, 3.8) is 0 Å². The van der Waals surface area contributed by atoms with Gasteiger partial charge in [0.2, 0.25) is 5.31 Å². The molecule has 1 aliphatic rings. The molecule has 1 atom stereocenters. The summed E-state index contributed by atoms with van der Waals surface area (Å²) in [5.74, 6) is 0. The van der Waals surface area contributed by atoms with Gasteiger partial charge in [-0.3, -0.25) is 0 Å². The highest BCUT2D eigenvalue weighted by Crippen LogP contribution is 2.42. The van der Waals surface area contributed by atoms with Gasteiger partial charge in [-0.1, -0.05) is 49.6 Å². The van der Waals surface area contributed by atoms with E-state index in [1.165, 1.54) is 19.3 Å². The third-order valence-electron chi connectivity index (χ3n) is 3.12. The van der Waals surface area contributed by atoms with Crippen molar-refractivity contribution >= 4 is 13.3 Å². The molecule has 1 fully saturated rings. The van der Waals surface area contributed by atoms with Gasteiger partial charge in [-0.05, 0) is 24.0 Å². The molecule has 90 valence electrons. The van der Waals surface area contributed by atoms with Crippen molar-refractivity contribution < 1.29 is 9.09 Å². The third kappa shape index (κ3) is 3.49. The summed E-state index contributed by atoms with van der Waals surface area (Å²) < 4.78 is 17.7. The maximum absolute atomic E-state index is 12.0. The summed E-state index contributed by atoms with van der Waals surface area (Å²) in [6, 6.07) is 9.61. The predicted molar refractivity (Wildman–Crippen MR) is 71.0 cm³/mol. The Morgan fingerprint density at radius 3 is 2.47 bits per heavy atom. The van der Waals surface area contributed by atoms with E-state index in [1.807, 2.05) is 30.3 Å². The van der Waals surface area contributed by atoms with Gasteiger partial charge in [-0.2, -0.15) is 0 Å². The van der Waals surface area contributed by atoms with Crippen LogP contribution in [0.4, 0.5) is 0 Å². The molecule has 0 N–H and O–H groups in total. The van der Waals surface area contributed by atoms with Gasteiger partial charge in [0.15, 0.2) is 0 Å². The van der Waals surface area contributed by atoms with Crippen molar-refractivity contribution in [2.75, 3.05) is 0 Å². The molecule has 0 aliphatic heterocycles. The molecule has 0 radical (unpaired) electrons. The number of hydrogen-bond donors (Lipinski definition) is 0. The maximum atomic E-state index is 12.0. The molecule has 2 nitrogen and oxygen atoms in total. The van der Waals surface area contributed by atoms with Gasteiger partial charge in [-0.25, -0.2) is 0 Å². The predicted octanol–water partition coefficient (Wildman–Crippen LogP) is 4.75. The normalized spacial score (nSPS) is 17.8. The summed E-state index contributed by atoms with van der Waals surface area (Å²) in [5, 5.41) is 0.603. The van der Waals surface area contributed by atoms with Crippen molar-refractivity contribution in [2.45, 2.75) is 38.2 Å². The van der Waals surface area contributed by atoms with Crippen molar-refractivity contribution in [3.8, 4) is 0 Å². The Balaban J connectivity index is 1.93. The second-order valence-corrected chi connectivity index (χ2v) is 5.70. The molecule has 0 saturated heterocycles. The molecule has 1 aromatic carbocycles. The molecule has 1 unspecified atom stereocenters. The quantitative estimate of drug-likeness (QED) is 0.720. The standard InChI is InChI=1S/C14H18O2P/c1-12(13-8-4-2-5-9-13)17(15)16-14-10-6-3-7-11-14/h2,4-5,8-9,14H,1,3,6-7,10-11H2/q+1. The SMILES string of the molecule is C=C(c1ccccc1)[P+](=O)OC1CCCCC1. The van der Waals surface area contributed by atoms with E-state index in [2.05, 4.69) is 6.58 Å². The van der Waals surface area contributed by atoms with Crippen LogP contribution in [0.15, 0.2) is 36.9 Å². The lowest BCUT2D eigenvalue weighted by atomic mass is 9.98. The fourth-order valence-corrected chi connectivity index (χ4v) is 3.07. The molecule has 17 heavy (non-hydrogen) atoms. The van der Waals surface area contributed by atoms with Crippen molar-refractivity contribution in [1.82, 2.24) is 0 Å². The Morgan fingerprint density at radius 2 is 1.82 bits per heavy atom. The van der Waals surface area contributed by atoms with Gasteiger partial charge >= 0.3 is 8.03 Å². The minimum absolute atomic E-state index is 0.160. The van der Waals surface area contributed by atoms with E-state index in [0.717, 1.165) is 18.4 Å². The van der Waals surface area contributed by atoms with Crippen LogP contribution in [0, 0.1) is 0 Å². The number of benzene rings is 1. The van der Waals surface area contributed by atoms with Crippen LogP contribution in [0.2, 0.25) is 0 Å². The van der Waals surface area contributed by atoms with E-state index in [9.17, 15) is 4.57 Å². The molecule has 0 spiro atoms. The van der Waals surface area contributed by atoms with Gasteiger partial charge in [0, 0.05) is 5.56 Å². The van der Waals surface area contributed by atoms with Gasteiger partial charge in [-0.15, -0.1) is 4.52 Å². The molecule has 1 aromatic rings. The molecular weight excluding hydrogens is 231 g/mol. The first-order valence-electron chi connectivity index (χ1n) is 6.16. The van der Waals surface area contributed by atoms with E-state index in [-0.39, 0.29) is 6.10 Å². The molecule has 0 aromatic heterocycles. The van der Waals surface area contributed by atoms with E-state index in [1.54, 1.807) is 0 Å². The third-order valence-corrected chi connectivity index (χ3v) is 4.31. The second-order valence-electron chi connectivity index (χ2n) is 4.44. The van der Waals surface area contributed by atoms with Gasteiger partial charge in [0.25, 0.3) is 0 Å². The van der Waals surface area contributed by atoms with Crippen molar-refractivity contribution in [3.05, 3.63) is 42.5 Å². The highest BCUT2D eigenvalue weighted by molar-refractivity contribution is 7.51. The maximum Gasteiger partial charge on any atom is 0.548 e. The number of hydrogen-bond acceptors (Lipinski definition) is 2. The highest BCUT2D eigenvalue weighted by Gasteiger charge is 2.30. The van der Waals surface area contributed by atoms with E-state index in [0.29, 0.717) is 5.31 Å². The second kappa shape index (κ2) is 6.09. The van der Waals surface area contributed by atoms with Crippen molar-refractivity contribution in [1.29, 1.82) is 0 Å². The van der Waals surface area contributed by atoms with Crippen LogP contribution in [-0.2, 0) is 9.09 Å². The minimum Gasteiger partial charge on any atom is -0.138 e. The Morgan fingerprint density at radius 1 is 1.18 bits per heavy atom. The fraction of sp³-hybridized carbons (Fsp3) is 0.429. The highest BCUT2D eigenvalue weighted by atomic mass is 31.1. The first-order chi connectivity index (χ1) is 8.27. The lowest BCUT2D eigenvalue weighted by Gasteiger charge is -2.15. The summed E-state index contributed by atoms with van der Waals surface area (Å²) in [6.45, 7) is 3.88. The van der Waals surface area contributed by atoms with E-state index >= 15 is 0 Å². The number of rotatable bonds is 4. The average molecular weight is 249 g/mol. The average Bonchev–Trinajstić information content (AvgIpc) is 2.40. The Hall–Kier alpha value is -0.980. The van der Waals surface area contributed by atoms with E-state index < -0.39 is 8.03 Å². The molecule has 0 heterocycles.